The number of benzene rings is 1. The van der Waals surface area contributed by atoms with Gasteiger partial charge in [0.15, 0.2) is 0 Å². The van der Waals surface area contributed by atoms with Crippen molar-refractivity contribution < 1.29 is 0 Å². The maximum absolute atomic E-state index is 9.11. The van der Waals surface area contributed by atoms with Crippen molar-refractivity contribution in [2.24, 2.45) is 0 Å². The van der Waals surface area contributed by atoms with Gasteiger partial charge in [-0.15, -0.1) is 11.3 Å². The molecule has 18 heavy (non-hydrogen) atoms. The molecule has 0 fully saturated rings. The van der Waals surface area contributed by atoms with E-state index < -0.39 is 0 Å². The van der Waals surface area contributed by atoms with E-state index in [1.807, 2.05) is 38.2 Å². The van der Waals surface area contributed by atoms with Crippen LogP contribution in [0, 0.1) is 18.3 Å². The van der Waals surface area contributed by atoms with E-state index in [1.165, 1.54) is 4.88 Å². The largest absolute Gasteiger partial charge is 0.375 e. The average Bonchev–Trinajstić information content (AvgIpc) is 2.78. The molecule has 1 atom stereocenters. The van der Waals surface area contributed by atoms with Crippen LogP contribution in [0.15, 0.2) is 28.9 Å². The number of thiazole rings is 1. The zero-order valence-corrected chi connectivity index (χ0v) is 12.5. The van der Waals surface area contributed by atoms with Crippen molar-refractivity contribution in [3.05, 3.63) is 44.3 Å². The van der Waals surface area contributed by atoms with Crippen molar-refractivity contribution in [3.63, 3.8) is 0 Å². The molecule has 1 aromatic carbocycles. The Bertz CT molecular complexity index is 601. The van der Waals surface area contributed by atoms with Crippen molar-refractivity contribution in [2.45, 2.75) is 19.9 Å². The Morgan fingerprint density at radius 3 is 2.89 bits per heavy atom. The lowest BCUT2D eigenvalue weighted by molar-refractivity contribution is 0.869. The summed E-state index contributed by atoms with van der Waals surface area (Å²) in [6, 6.07) is 7.91. The lowest BCUT2D eigenvalue weighted by atomic mass is 10.2. The summed E-state index contributed by atoms with van der Waals surface area (Å²) in [5.41, 5.74) is 1.46. The Morgan fingerprint density at radius 2 is 2.28 bits per heavy atom. The van der Waals surface area contributed by atoms with Crippen LogP contribution >= 0.6 is 27.3 Å². The first-order valence-electron chi connectivity index (χ1n) is 5.48. The minimum atomic E-state index is 0.0944. The van der Waals surface area contributed by atoms with Crippen LogP contribution in [0.2, 0.25) is 0 Å². The number of halogens is 1. The van der Waals surface area contributed by atoms with Crippen LogP contribution in [-0.4, -0.2) is 4.98 Å². The molecule has 0 spiro atoms. The van der Waals surface area contributed by atoms with Gasteiger partial charge in [0.25, 0.3) is 0 Å². The zero-order valence-electron chi connectivity index (χ0n) is 10.1. The topological polar surface area (TPSA) is 48.7 Å². The molecule has 0 aliphatic rings. The number of nitrogens with one attached hydrogen (secondary N) is 1. The molecule has 5 heteroatoms. The first-order chi connectivity index (χ1) is 8.60. The molecule has 1 N–H and O–H groups in total. The summed E-state index contributed by atoms with van der Waals surface area (Å²) in [5, 5.41) is 13.5. The van der Waals surface area contributed by atoms with Gasteiger partial charge in [0.05, 0.1) is 17.3 Å². The van der Waals surface area contributed by atoms with E-state index in [1.54, 1.807) is 11.3 Å². The molecular formula is C13H12BrN3S. The summed E-state index contributed by atoms with van der Waals surface area (Å²) in [6.45, 7) is 4.08. The van der Waals surface area contributed by atoms with Gasteiger partial charge in [0.1, 0.15) is 11.1 Å². The van der Waals surface area contributed by atoms with Gasteiger partial charge in [-0.05, 0) is 32.0 Å². The minimum absolute atomic E-state index is 0.0944. The molecule has 2 rings (SSSR count). The van der Waals surface area contributed by atoms with Gasteiger partial charge in [-0.3, -0.25) is 0 Å². The van der Waals surface area contributed by atoms with Crippen molar-refractivity contribution in [2.75, 3.05) is 5.32 Å². The maximum Gasteiger partial charge on any atom is 0.115 e. The standard InChI is InChI=1S/C13H12BrN3S/c1-8-7-16-13(18-8)9(2)17-12-4-3-11(14)5-10(12)6-15/h3-5,7,9,17H,1-2H3. The molecule has 0 saturated carbocycles. The normalized spacial score (nSPS) is 11.9. The summed E-state index contributed by atoms with van der Waals surface area (Å²) >= 11 is 5.03. The van der Waals surface area contributed by atoms with Crippen molar-refractivity contribution >= 4 is 33.0 Å². The van der Waals surface area contributed by atoms with E-state index in [2.05, 4.69) is 32.3 Å². The number of anilines is 1. The fraction of sp³-hybridized carbons (Fsp3) is 0.231. The van der Waals surface area contributed by atoms with Crippen LogP contribution < -0.4 is 5.32 Å². The van der Waals surface area contributed by atoms with Gasteiger partial charge in [-0.25, -0.2) is 4.98 Å². The molecule has 1 aromatic heterocycles. The Labute approximate surface area is 119 Å². The highest BCUT2D eigenvalue weighted by atomic mass is 79.9. The Hall–Kier alpha value is -1.38. The summed E-state index contributed by atoms with van der Waals surface area (Å²) in [6.07, 6.45) is 1.87. The van der Waals surface area contributed by atoms with E-state index >= 15 is 0 Å². The molecule has 3 nitrogen and oxygen atoms in total. The Morgan fingerprint density at radius 1 is 1.50 bits per heavy atom. The Kier molecular flexibility index (Phi) is 4.00. The van der Waals surface area contributed by atoms with Crippen molar-refractivity contribution in [1.29, 1.82) is 5.26 Å². The van der Waals surface area contributed by atoms with E-state index in [0.29, 0.717) is 5.56 Å². The number of hydrogen-bond donors (Lipinski definition) is 1. The molecule has 92 valence electrons. The highest BCUT2D eigenvalue weighted by Gasteiger charge is 2.11. The lowest BCUT2D eigenvalue weighted by Gasteiger charge is -2.14. The van der Waals surface area contributed by atoms with Crippen LogP contribution in [0.1, 0.15) is 28.4 Å². The second-order valence-electron chi connectivity index (χ2n) is 3.98. The molecular weight excluding hydrogens is 310 g/mol. The molecule has 0 radical (unpaired) electrons. The molecule has 1 heterocycles. The summed E-state index contributed by atoms with van der Waals surface area (Å²) in [5.74, 6) is 0. The predicted octanol–water partition coefficient (Wildman–Crippen LogP) is 4.26. The van der Waals surface area contributed by atoms with E-state index in [0.717, 1.165) is 15.2 Å². The van der Waals surface area contributed by atoms with Gasteiger partial charge in [-0.1, -0.05) is 15.9 Å². The maximum atomic E-state index is 9.11. The zero-order chi connectivity index (χ0) is 13.1. The first kappa shape index (κ1) is 13.1. The third-order valence-electron chi connectivity index (χ3n) is 2.48. The second kappa shape index (κ2) is 5.51. The molecule has 0 saturated heterocycles. The van der Waals surface area contributed by atoms with Crippen molar-refractivity contribution in [1.82, 2.24) is 4.98 Å². The average molecular weight is 322 g/mol. The smallest absolute Gasteiger partial charge is 0.115 e. The SMILES string of the molecule is Cc1cnc(C(C)Nc2ccc(Br)cc2C#N)s1. The van der Waals surface area contributed by atoms with Crippen LogP contribution in [0.3, 0.4) is 0 Å². The lowest BCUT2D eigenvalue weighted by Crippen LogP contribution is -2.07. The third-order valence-corrected chi connectivity index (χ3v) is 4.07. The van der Waals surface area contributed by atoms with E-state index in [4.69, 9.17) is 5.26 Å². The quantitative estimate of drug-likeness (QED) is 0.918. The number of aromatic nitrogens is 1. The second-order valence-corrected chi connectivity index (χ2v) is 6.16. The fourth-order valence-electron chi connectivity index (χ4n) is 1.60. The predicted molar refractivity (Wildman–Crippen MR) is 77.7 cm³/mol. The first-order valence-corrected chi connectivity index (χ1v) is 7.09. The molecule has 2 aromatic rings. The summed E-state index contributed by atoms with van der Waals surface area (Å²) in [7, 11) is 0. The monoisotopic (exact) mass is 321 g/mol. The van der Waals surface area contributed by atoms with Crippen molar-refractivity contribution in [3.8, 4) is 6.07 Å². The number of hydrogen-bond acceptors (Lipinski definition) is 4. The van der Waals surface area contributed by atoms with E-state index in [9.17, 15) is 0 Å². The number of nitriles is 1. The van der Waals surface area contributed by atoms with Crippen LogP contribution in [0.4, 0.5) is 5.69 Å². The minimum Gasteiger partial charge on any atom is -0.375 e. The number of nitrogens with zero attached hydrogens (tertiary/aromatic N) is 2. The van der Waals surface area contributed by atoms with Crippen LogP contribution in [-0.2, 0) is 0 Å². The molecule has 0 aliphatic carbocycles. The molecule has 1 unspecified atom stereocenters. The van der Waals surface area contributed by atoms with Gasteiger partial charge >= 0.3 is 0 Å². The highest BCUT2D eigenvalue weighted by molar-refractivity contribution is 9.10. The van der Waals surface area contributed by atoms with Gasteiger partial charge in [0, 0.05) is 15.5 Å². The highest BCUT2D eigenvalue weighted by Crippen LogP contribution is 2.26. The number of rotatable bonds is 3. The van der Waals surface area contributed by atoms with Gasteiger partial charge in [-0.2, -0.15) is 5.26 Å². The summed E-state index contributed by atoms with van der Waals surface area (Å²) in [4.78, 5) is 5.54. The fourth-order valence-corrected chi connectivity index (χ4v) is 2.74. The van der Waals surface area contributed by atoms with Crippen LogP contribution in [0.5, 0.6) is 0 Å². The molecule has 0 bridgehead atoms. The Balaban J connectivity index is 2.22. The van der Waals surface area contributed by atoms with Gasteiger partial charge < -0.3 is 5.32 Å². The van der Waals surface area contributed by atoms with Crippen LogP contribution in [0.25, 0.3) is 0 Å². The third kappa shape index (κ3) is 2.89. The van der Waals surface area contributed by atoms with E-state index in [-0.39, 0.29) is 6.04 Å². The molecule has 0 amide bonds. The van der Waals surface area contributed by atoms with Gasteiger partial charge in [0.2, 0.25) is 0 Å². The molecule has 0 aliphatic heterocycles. The number of aryl methyl sites for hydroxylation is 1. The summed E-state index contributed by atoms with van der Waals surface area (Å²) < 4.78 is 0.905.